The van der Waals surface area contributed by atoms with Crippen LogP contribution in [0.15, 0.2) is 24.3 Å². The molecule has 1 aliphatic heterocycles. The molecule has 2 rings (SSSR count). The van der Waals surface area contributed by atoms with E-state index in [1.165, 1.54) is 9.13 Å². The van der Waals surface area contributed by atoms with E-state index in [4.69, 9.17) is 9.47 Å². The first-order chi connectivity index (χ1) is 8.12. The van der Waals surface area contributed by atoms with Gasteiger partial charge < -0.3 is 9.47 Å². The van der Waals surface area contributed by atoms with Crippen molar-refractivity contribution >= 4 is 22.6 Å². The number of benzene rings is 1. The lowest BCUT2D eigenvalue weighted by atomic mass is 10.1. The van der Waals surface area contributed by atoms with E-state index >= 15 is 0 Å². The quantitative estimate of drug-likeness (QED) is 0.761. The zero-order valence-electron chi connectivity index (χ0n) is 10.6. The Bertz CT molecular complexity index is 388. The van der Waals surface area contributed by atoms with Gasteiger partial charge in [0.25, 0.3) is 0 Å². The lowest BCUT2D eigenvalue weighted by Gasteiger charge is -2.25. The maximum Gasteiger partial charge on any atom is 0.169 e. The van der Waals surface area contributed by atoms with Crippen LogP contribution in [0.1, 0.15) is 45.3 Å². The first kappa shape index (κ1) is 13.3. The van der Waals surface area contributed by atoms with Gasteiger partial charge in [-0.25, -0.2) is 0 Å². The molecule has 0 amide bonds. The molecule has 94 valence electrons. The zero-order valence-corrected chi connectivity index (χ0v) is 12.7. The van der Waals surface area contributed by atoms with Gasteiger partial charge in [0.2, 0.25) is 0 Å². The molecule has 2 atom stereocenters. The molecule has 1 saturated heterocycles. The minimum Gasteiger partial charge on any atom is -0.344 e. The van der Waals surface area contributed by atoms with E-state index in [1.54, 1.807) is 0 Å². The van der Waals surface area contributed by atoms with E-state index in [-0.39, 0.29) is 18.0 Å². The predicted octanol–water partition coefficient (Wildman–Crippen LogP) is 4.28. The molecule has 1 aromatic rings. The Morgan fingerprint density at radius 1 is 1.18 bits per heavy atom. The molecule has 0 aromatic heterocycles. The third-order valence-corrected chi connectivity index (χ3v) is 4.44. The van der Waals surface area contributed by atoms with Crippen molar-refractivity contribution in [2.45, 2.75) is 51.6 Å². The molecule has 0 unspecified atom stereocenters. The van der Waals surface area contributed by atoms with Gasteiger partial charge in [-0.2, -0.15) is 0 Å². The topological polar surface area (TPSA) is 18.5 Å². The number of hydrogen-bond acceptors (Lipinski definition) is 2. The number of rotatable bonds is 3. The van der Waals surface area contributed by atoms with Gasteiger partial charge in [0.05, 0.1) is 6.10 Å². The molecule has 2 nitrogen and oxygen atoms in total. The molecule has 0 bridgehead atoms. The van der Waals surface area contributed by atoms with E-state index in [2.05, 4.69) is 67.6 Å². The van der Waals surface area contributed by atoms with E-state index in [9.17, 15) is 0 Å². The van der Waals surface area contributed by atoms with Crippen molar-refractivity contribution in [1.82, 2.24) is 0 Å². The third kappa shape index (κ3) is 2.51. The fourth-order valence-electron chi connectivity index (χ4n) is 2.36. The highest BCUT2D eigenvalue weighted by Gasteiger charge is 2.44. The van der Waals surface area contributed by atoms with Crippen LogP contribution in [0.5, 0.6) is 0 Å². The summed E-state index contributed by atoms with van der Waals surface area (Å²) >= 11 is 2.36. The fraction of sp³-hybridized carbons (Fsp3) is 0.571. The Kier molecular flexibility index (Phi) is 4.10. The molecule has 1 heterocycles. The van der Waals surface area contributed by atoms with Gasteiger partial charge >= 0.3 is 0 Å². The summed E-state index contributed by atoms with van der Waals surface area (Å²) in [4.78, 5) is 0. The van der Waals surface area contributed by atoms with Crippen LogP contribution < -0.4 is 0 Å². The van der Waals surface area contributed by atoms with Crippen LogP contribution in [0.25, 0.3) is 0 Å². The molecule has 1 fully saturated rings. The Morgan fingerprint density at radius 2 is 1.82 bits per heavy atom. The van der Waals surface area contributed by atoms with Crippen LogP contribution in [0.3, 0.4) is 0 Å². The second-order valence-corrected chi connectivity index (χ2v) is 5.66. The van der Waals surface area contributed by atoms with Gasteiger partial charge in [0.1, 0.15) is 6.10 Å². The lowest BCUT2D eigenvalue weighted by Crippen LogP contribution is -2.28. The summed E-state index contributed by atoms with van der Waals surface area (Å²) in [6.07, 6.45) is 1.97. The summed E-state index contributed by atoms with van der Waals surface area (Å²) in [7, 11) is 0. The lowest BCUT2D eigenvalue weighted by molar-refractivity contribution is -0.178. The molecule has 0 radical (unpaired) electrons. The van der Waals surface area contributed by atoms with Crippen molar-refractivity contribution in [3.63, 3.8) is 0 Å². The molecule has 3 heteroatoms. The predicted molar refractivity (Wildman–Crippen MR) is 76.8 cm³/mol. The van der Waals surface area contributed by atoms with E-state index in [1.807, 2.05) is 0 Å². The van der Waals surface area contributed by atoms with Crippen LogP contribution in [-0.4, -0.2) is 11.9 Å². The van der Waals surface area contributed by atoms with Crippen molar-refractivity contribution in [3.05, 3.63) is 33.4 Å². The van der Waals surface area contributed by atoms with E-state index < -0.39 is 0 Å². The van der Waals surface area contributed by atoms with E-state index in [0.29, 0.717) is 0 Å². The Hall–Kier alpha value is -0.130. The normalized spacial score (nSPS) is 27.3. The van der Waals surface area contributed by atoms with Crippen molar-refractivity contribution in [1.29, 1.82) is 0 Å². The number of hydrogen-bond donors (Lipinski definition) is 0. The van der Waals surface area contributed by atoms with Gasteiger partial charge in [-0.15, -0.1) is 0 Å². The Labute approximate surface area is 117 Å². The standard InChI is InChI=1S/C14H19IO2/c1-4-14(5-2)16-10(3)13(17-14)11-8-6-7-9-12(11)15/h6-10,13H,4-5H2,1-3H3/t10-,13+/m1/s1. The third-order valence-electron chi connectivity index (χ3n) is 3.46. The minimum absolute atomic E-state index is 0.0583. The van der Waals surface area contributed by atoms with Crippen LogP contribution in [0.2, 0.25) is 0 Å². The molecule has 17 heavy (non-hydrogen) atoms. The van der Waals surface area contributed by atoms with Gasteiger partial charge in [0, 0.05) is 3.57 Å². The van der Waals surface area contributed by atoms with Crippen molar-refractivity contribution in [2.75, 3.05) is 0 Å². The molecule has 1 aliphatic rings. The number of ether oxygens (including phenoxy) is 2. The second-order valence-electron chi connectivity index (χ2n) is 4.50. The largest absolute Gasteiger partial charge is 0.344 e. The molecule has 0 spiro atoms. The van der Waals surface area contributed by atoms with Crippen LogP contribution in [0, 0.1) is 3.57 Å². The smallest absolute Gasteiger partial charge is 0.169 e. The average molecular weight is 346 g/mol. The highest BCUT2D eigenvalue weighted by atomic mass is 127. The van der Waals surface area contributed by atoms with Crippen LogP contribution in [0.4, 0.5) is 0 Å². The van der Waals surface area contributed by atoms with Gasteiger partial charge in [-0.05, 0) is 54.0 Å². The number of halogens is 1. The first-order valence-corrected chi connectivity index (χ1v) is 7.30. The Morgan fingerprint density at radius 3 is 2.35 bits per heavy atom. The minimum atomic E-state index is -0.386. The summed E-state index contributed by atoms with van der Waals surface area (Å²) in [6, 6.07) is 8.36. The maximum absolute atomic E-state index is 6.20. The highest BCUT2D eigenvalue weighted by molar-refractivity contribution is 14.1. The molecular formula is C14H19IO2. The summed E-state index contributed by atoms with van der Waals surface area (Å²) in [5, 5.41) is 0. The van der Waals surface area contributed by atoms with Gasteiger partial charge in [0.15, 0.2) is 5.79 Å². The van der Waals surface area contributed by atoms with E-state index in [0.717, 1.165) is 12.8 Å². The monoisotopic (exact) mass is 346 g/mol. The SMILES string of the molecule is CCC1(CC)O[C@H](c2ccccc2I)[C@@H](C)O1. The molecule has 0 N–H and O–H groups in total. The second kappa shape index (κ2) is 5.24. The summed E-state index contributed by atoms with van der Waals surface area (Å²) < 4.78 is 13.5. The van der Waals surface area contributed by atoms with Crippen LogP contribution >= 0.6 is 22.6 Å². The van der Waals surface area contributed by atoms with Crippen molar-refractivity contribution in [3.8, 4) is 0 Å². The molecular weight excluding hydrogens is 327 g/mol. The molecule has 0 saturated carbocycles. The molecule has 0 aliphatic carbocycles. The Balaban J connectivity index is 2.27. The fourth-order valence-corrected chi connectivity index (χ4v) is 3.06. The first-order valence-electron chi connectivity index (χ1n) is 6.22. The summed E-state index contributed by atoms with van der Waals surface area (Å²) in [5.74, 6) is -0.386. The average Bonchev–Trinajstić information content (AvgIpc) is 2.68. The maximum atomic E-state index is 6.20. The van der Waals surface area contributed by atoms with Gasteiger partial charge in [-0.1, -0.05) is 32.0 Å². The van der Waals surface area contributed by atoms with Gasteiger partial charge in [-0.3, -0.25) is 0 Å². The summed E-state index contributed by atoms with van der Waals surface area (Å²) in [6.45, 7) is 6.34. The zero-order chi connectivity index (χ0) is 12.5. The molecule has 1 aromatic carbocycles. The van der Waals surface area contributed by atoms with Crippen LogP contribution in [-0.2, 0) is 9.47 Å². The highest BCUT2D eigenvalue weighted by Crippen LogP contribution is 2.42. The van der Waals surface area contributed by atoms with Crippen molar-refractivity contribution < 1.29 is 9.47 Å². The van der Waals surface area contributed by atoms with Crippen molar-refractivity contribution in [2.24, 2.45) is 0 Å². The summed E-state index contributed by atoms with van der Waals surface area (Å²) in [5.41, 5.74) is 1.24.